The van der Waals surface area contributed by atoms with E-state index in [2.05, 4.69) is 25.1 Å². The van der Waals surface area contributed by atoms with Gasteiger partial charge in [0.15, 0.2) is 6.29 Å². The normalized spacial score (nSPS) is 10.9. The average Bonchev–Trinajstić information content (AvgIpc) is 2.50. The Kier molecular flexibility index (Phi) is 5.37. The number of hydrogen-bond donors (Lipinski definition) is 0. The summed E-state index contributed by atoms with van der Waals surface area (Å²) in [5.74, 6) is 0.913. The van der Waals surface area contributed by atoms with E-state index in [4.69, 9.17) is 14.2 Å². The van der Waals surface area contributed by atoms with Crippen molar-refractivity contribution in [1.29, 1.82) is 0 Å². The first-order chi connectivity index (χ1) is 10.2. The molecule has 0 aliphatic carbocycles. The zero-order chi connectivity index (χ0) is 15.2. The van der Waals surface area contributed by atoms with Crippen molar-refractivity contribution in [2.45, 2.75) is 26.7 Å². The summed E-state index contributed by atoms with van der Waals surface area (Å²) in [5.41, 5.74) is 4.38. The van der Waals surface area contributed by atoms with Gasteiger partial charge < -0.3 is 14.2 Å². The van der Waals surface area contributed by atoms with E-state index in [1.807, 2.05) is 31.2 Å². The van der Waals surface area contributed by atoms with Gasteiger partial charge in [0.25, 0.3) is 0 Å². The van der Waals surface area contributed by atoms with Gasteiger partial charge in [0.05, 0.1) is 0 Å². The maximum Gasteiger partial charge on any atom is 0.183 e. The largest absolute Gasteiger partial charge is 0.489 e. The van der Waals surface area contributed by atoms with Gasteiger partial charge in [-0.3, -0.25) is 0 Å². The number of rotatable bonds is 6. The Labute approximate surface area is 126 Å². The molecule has 3 heteroatoms. The highest BCUT2D eigenvalue weighted by molar-refractivity contribution is 5.36. The zero-order valence-electron chi connectivity index (χ0n) is 13.1. The summed E-state index contributed by atoms with van der Waals surface area (Å²) in [5, 5.41) is 0. The molecule has 0 aromatic heterocycles. The third-order valence-corrected chi connectivity index (χ3v) is 3.46. The number of ether oxygens (including phenoxy) is 3. The highest BCUT2D eigenvalue weighted by Gasteiger charge is 2.14. The predicted molar refractivity (Wildman–Crippen MR) is 83.4 cm³/mol. The van der Waals surface area contributed by atoms with Crippen LogP contribution in [0.15, 0.2) is 42.5 Å². The summed E-state index contributed by atoms with van der Waals surface area (Å²) < 4.78 is 16.7. The molecule has 0 N–H and O–H groups in total. The molecule has 2 aromatic carbocycles. The summed E-state index contributed by atoms with van der Waals surface area (Å²) in [6.07, 6.45) is -0.372. The molecule has 3 nitrogen and oxygen atoms in total. The highest BCUT2D eigenvalue weighted by atomic mass is 16.7. The van der Waals surface area contributed by atoms with Gasteiger partial charge in [-0.2, -0.15) is 0 Å². The molecule has 0 saturated carbocycles. The van der Waals surface area contributed by atoms with E-state index < -0.39 is 0 Å². The van der Waals surface area contributed by atoms with Gasteiger partial charge in [-0.05, 0) is 36.6 Å². The first kappa shape index (κ1) is 15.5. The fraction of sp³-hybridized carbons (Fsp3) is 0.333. The lowest BCUT2D eigenvalue weighted by Gasteiger charge is -2.18. The molecule has 0 heterocycles. The minimum Gasteiger partial charge on any atom is -0.489 e. The summed E-state index contributed by atoms with van der Waals surface area (Å²) in [6, 6.07) is 14.2. The molecule has 21 heavy (non-hydrogen) atoms. The monoisotopic (exact) mass is 286 g/mol. The molecule has 0 unspecified atom stereocenters. The van der Waals surface area contributed by atoms with Crippen molar-refractivity contribution in [3.05, 3.63) is 64.7 Å². The van der Waals surface area contributed by atoms with Crippen LogP contribution in [-0.2, 0) is 16.1 Å². The molecule has 0 amide bonds. The molecule has 0 atom stereocenters. The number of benzene rings is 2. The van der Waals surface area contributed by atoms with Crippen LogP contribution in [0.2, 0.25) is 0 Å². The topological polar surface area (TPSA) is 27.7 Å². The van der Waals surface area contributed by atoms with Gasteiger partial charge in [-0.25, -0.2) is 0 Å². The second kappa shape index (κ2) is 7.25. The molecular formula is C18H22O3. The molecule has 0 saturated heterocycles. The van der Waals surface area contributed by atoms with E-state index in [-0.39, 0.29) is 6.29 Å². The lowest BCUT2D eigenvalue weighted by Crippen LogP contribution is -2.09. The summed E-state index contributed by atoms with van der Waals surface area (Å²) in [6.45, 7) is 4.60. The van der Waals surface area contributed by atoms with Crippen LogP contribution in [0.1, 0.15) is 28.5 Å². The van der Waals surface area contributed by atoms with Crippen LogP contribution in [0.4, 0.5) is 0 Å². The molecule has 0 radical (unpaired) electrons. The Hall–Kier alpha value is -1.84. The minimum absolute atomic E-state index is 0.372. The van der Waals surface area contributed by atoms with Crippen LogP contribution < -0.4 is 4.74 Å². The van der Waals surface area contributed by atoms with Crippen molar-refractivity contribution in [2.24, 2.45) is 0 Å². The molecule has 0 aliphatic heterocycles. The summed E-state index contributed by atoms with van der Waals surface area (Å²) >= 11 is 0. The summed E-state index contributed by atoms with van der Waals surface area (Å²) in [4.78, 5) is 0. The van der Waals surface area contributed by atoms with Gasteiger partial charge in [0.1, 0.15) is 12.4 Å². The van der Waals surface area contributed by atoms with Gasteiger partial charge in [0, 0.05) is 19.8 Å². The molecule has 0 spiro atoms. The molecule has 2 rings (SSSR count). The van der Waals surface area contributed by atoms with Crippen LogP contribution in [-0.4, -0.2) is 14.2 Å². The maximum atomic E-state index is 5.97. The van der Waals surface area contributed by atoms with E-state index in [0.29, 0.717) is 6.61 Å². The van der Waals surface area contributed by atoms with Crippen molar-refractivity contribution in [3.8, 4) is 5.75 Å². The van der Waals surface area contributed by atoms with E-state index >= 15 is 0 Å². The quantitative estimate of drug-likeness (QED) is 0.746. The average molecular weight is 286 g/mol. The van der Waals surface area contributed by atoms with Gasteiger partial charge >= 0.3 is 0 Å². The molecule has 0 fully saturated rings. The van der Waals surface area contributed by atoms with E-state index in [0.717, 1.165) is 22.4 Å². The van der Waals surface area contributed by atoms with Crippen molar-refractivity contribution < 1.29 is 14.2 Å². The van der Waals surface area contributed by atoms with Gasteiger partial charge in [0.2, 0.25) is 0 Å². The Morgan fingerprint density at radius 1 is 0.952 bits per heavy atom. The van der Waals surface area contributed by atoms with E-state index in [9.17, 15) is 0 Å². The second-order valence-corrected chi connectivity index (χ2v) is 5.06. The van der Waals surface area contributed by atoms with Crippen LogP contribution >= 0.6 is 0 Å². The van der Waals surface area contributed by atoms with Crippen molar-refractivity contribution in [2.75, 3.05) is 14.2 Å². The third-order valence-electron chi connectivity index (χ3n) is 3.46. The first-order valence-corrected chi connectivity index (χ1v) is 6.99. The molecule has 112 valence electrons. The second-order valence-electron chi connectivity index (χ2n) is 5.06. The predicted octanol–water partition coefficient (Wildman–Crippen LogP) is 4.17. The number of aryl methyl sites for hydroxylation is 2. The lowest BCUT2D eigenvalue weighted by molar-refractivity contribution is -0.106. The fourth-order valence-corrected chi connectivity index (χ4v) is 2.26. The van der Waals surface area contributed by atoms with Crippen LogP contribution in [0.25, 0.3) is 0 Å². The van der Waals surface area contributed by atoms with E-state index in [1.54, 1.807) is 14.2 Å². The standard InChI is InChI=1S/C18H22O3/c1-13-9-10-14(2)17(11-13)21-12-15-7-5-6-8-16(15)18(19-3)20-4/h5-11,18H,12H2,1-4H3. The zero-order valence-corrected chi connectivity index (χ0v) is 13.1. The molecule has 0 aliphatic rings. The smallest absolute Gasteiger partial charge is 0.183 e. The van der Waals surface area contributed by atoms with Crippen molar-refractivity contribution >= 4 is 0 Å². The third kappa shape index (κ3) is 3.84. The maximum absolute atomic E-state index is 5.97. The number of hydrogen-bond acceptors (Lipinski definition) is 3. The Bertz CT molecular complexity index is 589. The molecule has 0 bridgehead atoms. The van der Waals surface area contributed by atoms with Crippen molar-refractivity contribution in [1.82, 2.24) is 0 Å². The number of methoxy groups -OCH3 is 2. The lowest BCUT2D eigenvalue weighted by atomic mass is 10.1. The molecular weight excluding hydrogens is 264 g/mol. The highest BCUT2D eigenvalue weighted by Crippen LogP contribution is 2.25. The SMILES string of the molecule is COC(OC)c1ccccc1COc1cc(C)ccc1C. The minimum atomic E-state index is -0.372. The Morgan fingerprint density at radius 3 is 2.38 bits per heavy atom. The van der Waals surface area contributed by atoms with Gasteiger partial charge in [-0.15, -0.1) is 0 Å². The Balaban J connectivity index is 2.18. The summed E-state index contributed by atoms with van der Waals surface area (Å²) in [7, 11) is 3.27. The first-order valence-electron chi connectivity index (χ1n) is 6.99. The molecule has 2 aromatic rings. The Morgan fingerprint density at radius 2 is 1.67 bits per heavy atom. The van der Waals surface area contributed by atoms with Crippen LogP contribution in [0.5, 0.6) is 5.75 Å². The van der Waals surface area contributed by atoms with E-state index in [1.165, 1.54) is 5.56 Å². The van der Waals surface area contributed by atoms with Gasteiger partial charge in [-0.1, -0.05) is 36.4 Å². The van der Waals surface area contributed by atoms with Crippen molar-refractivity contribution in [3.63, 3.8) is 0 Å². The fourth-order valence-electron chi connectivity index (χ4n) is 2.26. The van der Waals surface area contributed by atoms with Crippen LogP contribution in [0, 0.1) is 13.8 Å². The van der Waals surface area contributed by atoms with Crippen LogP contribution in [0.3, 0.4) is 0 Å².